The summed E-state index contributed by atoms with van der Waals surface area (Å²) in [6.45, 7) is 32.1. The summed E-state index contributed by atoms with van der Waals surface area (Å²) in [5, 5.41) is 15.1. The highest BCUT2D eigenvalue weighted by atomic mass is 16.6. The zero-order chi connectivity index (χ0) is 60.5. The van der Waals surface area contributed by atoms with E-state index in [-0.39, 0.29) is 0 Å². The summed E-state index contributed by atoms with van der Waals surface area (Å²) >= 11 is 0. The van der Waals surface area contributed by atoms with Crippen molar-refractivity contribution in [3.8, 4) is 0 Å². The summed E-state index contributed by atoms with van der Waals surface area (Å²) < 4.78 is 33.5. The molecule has 12 atom stereocenters. The quantitative estimate of drug-likeness (QED) is 0.143. The highest BCUT2D eigenvalue weighted by molar-refractivity contribution is 5.96. The molecular formula is C54H90N6O18. The van der Waals surface area contributed by atoms with Gasteiger partial charge in [-0.2, -0.15) is 0 Å². The van der Waals surface area contributed by atoms with Gasteiger partial charge in [0, 0.05) is 0 Å². The second-order valence-electron chi connectivity index (χ2n) is 22.9. The van der Waals surface area contributed by atoms with Gasteiger partial charge in [-0.1, -0.05) is 125 Å². The molecule has 78 heavy (non-hydrogen) atoms. The van der Waals surface area contributed by atoms with E-state index in [1.165, 1.54) is 20.8 Å². The lowest BCUT2D eigenvalue weighted by Crippen LogP contribution is -2.56. The number of rotatable bonds is 9. The minimum absolute atomic E-state index is 0.647. The Bertz CT molecular complexity index is 1890. The number of amides is 6. The van der Waals surface area contributed by atoms with Crippen molar-refractivity contribution in [1.29, 1.82) is 0 Å². The van der Waals surface area contributed by atoms with Gasteiger partial charge in [0.1, 0.15) is 36.3 Å². The molecule has 24 heteroatoms. The average molecular weight is 1110 g/mol. The Kier molecular flexibility index (Phi) is 27.9. The zero-order valence-electron chi connectivity index (χ0n) is 49.5. The first kappa shape index (κ1) is 69.7. The van der Waals surface area contributed by atoms with Crippen molar-refractivity contribution in [2.75, 3.05) is 0 Å². The first-order valence-corrected chi connectivity index (χ1v) is 26.9. The Hall–Kier alpha value is -6.36. The molecule has 444 valence electrons. The van der Waals surface area contributed by atoms with Crippen LogP contribution in [0.5, 0.6) is 0 Å². The van der Waals surface area contributed by atoms with Crippen molar-refractivity contribution in [2.24, 2.45) is 53.3 Å². The van der Waals surface area contributed by atoms with Gasteiger partial charge in [0.05, 0.1) is 0 Å². The highest BCUT2D eigenvalue weighted by Gasteiger charge is 2.42. The maximum absolute atomic E-state index is 13.9. The van der Waals surface area contributed by atoms with E-state index in [2.05, 4.69) is 31.9 Å². The molecule has 0 aromatic carbocycles. The van der Waals surface area contributed by atoms with Crippen LogP contribution in [-0.4, -0.2) is 144 Å². The number of carbonyl (C=O) groups excluding carboxylic acids is 12. The van der Waals surface area contributed by atoms with Crippen molar-refractivity contribution >= 4 is 71.3 Å². The standard InChI is InChI=1S/C54H90N6O18/c1-22(2)34-49(67)73-31(19)43(61)55-38(26(9)10)53(71)77-41(29(15)16)47(65)59-36(24(5)6)51(69)75-33(21)45(63)57-39(27(11)12)54(72)78-42(30(17)18)48(66)60-35(23(3)4)50(68)74-32(20)44(62)56-37(25(7)8)52(70)76-40(28(13)14)46(64)58-34/h22-42H,1-21H3,(H,55,61)(H,56,62)(H,57,63)(H,58,64)(H,59,65)(H,60,66)/t31-,32-,33+,34+,35+,36+,37+,38-,39-,40+,41+,42+/m0/s1. The maximum Gasteiger partial charge on any atom is 0.329 e. The SMILES string of the molecule is CC(C)[C@@H]1NC(=O)[C@H](C)OC(=O)[C@@H](C(C)C)NC(=O)[C@@H](C(C)C)OC(=O)[C@@H](C(C)C)NC(=O)[C@H](C)OC(=O)[C@@H](C(C)C)NC(=O)[C@@H](C(C)C)OC(=O)[C@H](C(C)C)NC(=O)[C@@H](C)OC(=O)[C@@H](C(C)C)NC(=O)[C@@H](C(C)C)OC1=O. The van der Waals surface area contributed by atoms with E-state index in [9.17, 15) is 57.5 Å². The molecule has 1 aliphatic heterocycles. The van der Waals surface area contributed by atoms with E-state index in [0.717, 1.165) is 0 Å². The van der Waals surface area contributed by atoms with E-state index in [1.54, 1.807) is 125 Å². The van der Waals surface area contributed by atoms with Crippen molar-refractivity contribution in [3.63, 3.8) is 0 Å². The van der Waals surface area contributed by atoms with Gasteiger partial charge in [0.15, 0.2) is 36.6 Å². The summed E-state index contributed by atoms with van der Waals surface area (Å²) in [4.78, 5) is 165. The Morgan fingerprint density at radius 3 is 0.513 bits per heavy atom. The van der Waals surface area contributed by atoms with Gasteiger partial charge in [-0.25, -0.2) is 28.8 Å². The Morgan fingerprint density at radius 1 is 0.231 bits per heavy atom. The van der Waals surface area contributed by atoms with E-state index in [0.29, 0.717) is 0 Å². The molecule has 24 nitrogen and oxygen atoms in total. The van der Waals surface area contributed by atoms with Gasteiger partial charge in [0.25, 0.3) is 35.4 Å². The van der Waals surface area contributed by atoms with Crippen LogP contribution in [0.2, 0.25) is 0 Å². The molecule has 0 aromatic heterocycles. The largest absolute Gasteiger partial charge is 0.451 e. The molecule has 0 aromatic rings. The summed E-state index contributed by atoms with van der Waals surface area (Å²) in [6, 6.07) is -8.38. The van der Waals surface area contributed by atoms with Crippen molar-refractivity contribution in [2.45, 2.75) is 218 Å². The molecule has 6 N–H and O–H groups in total. The fourth-order valence-electron chi connectivity index (χ4n) is 7.48. The van der Waals surface area contributed by atoms with Crippen LogP contribution in [-0.2, 0) is 86.0 Å². The molecule has 0 bridgehead atoms. The second kappa shape index (κ2) is 31.3. The van der Waals surface area contributed by atoms with Crippen LogP contribution in [0.3, 0.4) is 0 Å². The van der Waals surface area contributed by atoms with Crippen LogP contribution in [0, 0.1) is 53.3 Å². The molecule has 1 aliphatic rings. The summed E-state index contributed by atoms with van der Waals surface area (Å²) in [6.07, 6.45) is -9.25. The number of ether oxygens (including phenoxy) is 6. The number of nitrogens with one attached hydrogen (secondary N) is 6. The number of esters is 6. The predicted molar refractivity (Wildman–Crippen MR) is 281 cm³/mol. The molecule has 6 amide bonds. The minimum atomic E-state index is -1.55. The fourth-order valence-corrected chi connectivity index (χ4v) is 7.48. The van der Waals surface area contributed by atoms with Gasteiger partial charge in [-0.3, -0.25) is 28.8 Å². The summed E-state index contributed by atoms with van der Waals surface area (Å²) in [5.41, 5.74) is 0. The lowest BCUT2D eigenvalue weighted by molar-refractivity contribution is -0.167. The summed E-state index contributed by atoms with van der Waals surface area (Å²) in [5.74, 6) is -17.8. The third-order valence-electron chi connectivity index (χ3n) is 12.6. The van der Waals surface area contributed by atoms with E-state index in [4.69, 9.17) is 28.4 Å². The van der Waals surface area contributed by atoms with E-state index >= 15 is 0 Å². The third-order valence-corrected chi connectivity index (χ3v) is 12.6. The van der Waals surface area contributed by atoms with Gasteiger partial charge in [0.2, 0.25) is 0 Å². The monoisotopic (exact) mass is 1110 g/mol. The normalized spacial score (nSPS) is 28.8. The van der Waals surface area contributed by atoms with E-state index < -0.39 is 197 Å². The van der Waals surface area contributed by atoms with Crippen LogP contribution in [0.4, 0.5) is 0 Å². The van der Waals surface area contributed by atoms with Gasteiger partial charge >= 0.3 is 35.8 Å². The Balaban J connectivity index is 3.87. The molecule has 1 fully saturated rings. The number of carbonyl (C=O) groups is 12. The van der Waals surface area contributed by atoms with Crippen LogP contribution >= 0.6 is 0 Å². The molecule has 0 saturated carbocycles. The highest BCUT2D eigenvalue weighted by Crippen LogP contribution is 2.19. The molecule has 0 unspecified atom stereocenters. The molecule has 0 spiro atoms. The topological polar surface area (TPSA) is 332 Å². The molecule has 1 heterocycles. The van der Waals surface area contributed by atoms with Crippen molar-refractivity contribution < 1.29 is 86.0 Å². The second-order valence-corrected chi connectivity index (χ2v) is 22.9. The van der Waals surface area contributed by atoms with Gasteiger partial charge in [-0.15, -0.1) is 0 Å². The van der Waals surface area contributed by atoms with Crippen LogP contribution in [0.1, 0.15) is 145 Å². The van der Waals surface area contributed by atoms with Crippen LogP contribution in [0.25, 0.3) is 0 Å². The lowest BCUT2D eigenvalue weighted by Gasteiger charge is -2.30. The molecule has 0 aliphatic carbocycles. The first-order valence-electron chi connectivity index (χ1n) is 26.9. The molecule has 0 radical (unpaired) electrons. The summed E-state index contributed by atoms with van der Waals surface area (Å²) in [7, 11) is 0. The molecular weight excluding hydrogens is 1020 g/mol. The number of hydrogen-bond donors (Lipinski definition) is 6. The third kappa shape index (κ3) is 20.8. The molecule has 1 rings (SSSR count). The number of hydrogen-bond acceptors (Lipinski definition) is 18. The van der Waals surface area contributed by atoms with Gasteiger partial charge < -0.3 is 60.3 Å². The minimum Gasteiger partial charge on any atom is -0.451 e. The van der Waals surface area contributed by atoms with Gasteiger partial charge in [-0.05, 0) is 74.0 Å². The fraction of sp³-hybridized carbons (Fsp3) is 0.778. The average Bonchev–Trinajstić information content (AvgIpc) is 3.31. The zero-order valence-corrected chi connectivity index (χ0v) is 49.5. The Morgan fingerprint density at radius 2 is 0.372 bits per heavy atom. The predicted octanol–water partition coefficient (Wildman–Crippen LogP) is 2.34. The van der Waals surface area contributed by atoms with E-state index in [1.807, 2.05) is 0 Å². The smallest absolute Gasteiger partial charge is 0.329 e. The molecule has 1 saturated heterocycles. The Labute approximate surface area is 459 Å². The van der Waals surface area contributed by atoms with Crippen molar-refractivity contribution in [1.82, 2.24) is 31.9 Å². The lowest BCUT2D eigenvalue weighted by atomic mass is 10.0. The maximum atomic E-state index is 13.9. The van der Waals surface area contributed by atoms with Crippen LogP contribution in [0.15, 0.2) is 0 Å². The first-order chi connectivity index (χ1) is 35.9. The van der Waals surface area contributed by atoms with Crippen molar-refractivity contribution in [3.05, 3.63) is 0 Å². The van der Waals surface area contributed by atoms with Crippen LogP contribution < -0.4 is 31.9 Å². The number of cyclic esters (lactones) is 6.